The van der Waals surface area contributed by atoms with Gasteiger partial charge in [0.15, 0.2) is 0 Å². The Hall–Kier alpha value is -3.13. The minimum Gasteiger partial charge on any atom is -0.375 e. The second kappa shape index (κ2) is 8.48. The van der Waals surface area contributed by atoms with Crippen LogP contribution in [-0.4, -0.2) is 22.3 Å². The van der Waals surface area contributed by atoms with Crippen LogP contribution in [0.1, 0.15) is 41.6 Å². The number of nitrogens with zero attached hydrogens (tertiary/aromatic N) is 1. The smallest absolute Gasteiger partial charge is 0.293 e. The van der Waals surface area contributed by atoms with Gasteiger partial charge in [0.05, 0.1) is 4.92 Å². The molecule has 0 atom stereocenters. The zero-order chi connectivity index (χ0) is 21.0. The van der Waals surface area contributed by atoms with Gasteiger partial charge in [0.2, 0.25) is 5.91 Å². The van der Waals surface area contributed by atoms with Gasteiger partial charge in [0, 0.05) is 23.2 Å². The van der Waals surface area contributed by atoms with E-state index in [9.17, 15) is 19.7 Å². The molecular formula is C20H21ClN4O4. The molecule has 152 valence electrons. The molecule has 3 rings (SSSR count). The Morgan fingerprint density at radius 1 is 1.17 bits per heavy atom. The topological polar surface area (TPSA) is 127 Å². The number of halogens is 1. The summed E-state index contributed by atoms with van der Waals surface area (Å²) in [4.78, 5) is 35.4. The van der Waals surface area contributed by atoms with Crippen LogP contribution in [0.4, 0.5) is 11.4 Å². The molecule has 4 N–H and O–H groups in total. The number of benzene rings is 2. The van der Waals surface area contributed by atoms with Crippen LogP contribution in [0, 0.1) is 10.1 Å². The summed E-state index contributed by atoms with van der Waals surface area (Å²) in [5.41, 5.74) is 5.29. The van der Waals surface area contributed by atoms with Crippen LogP contribution in [0.15, 0.2) is 42.5 Å². The molecule has 0 heterocycles. The maximum Gasteiger partial charge on any atom is 0.293 e. The summed E-state index contributed by atoms with van der Waals surface area (Å²) >= 11 is 6.11. The number of rotatable bonds is 7. The highest BCUT2D eigenvalue weighted by molar-refractivity contribution is 6.31. The molecule has 2 aromatic carbocycles. The van der Waals surface area contributed by atoms with Gasteiger partial charge in [-0.2, -0.15) is 0 Å². The molecule has 1 aliphatic rings. The summed E-state index contributed by atoms with van der Waals surface area (Å²) in [6.07, 6.45) is 2.50. The fourth-order valence-electron chi connectivity index (χ4n) is 3.51. The van der Waals surface area contributed by atoms with Crippen molar-refractivity contribution in [1.29, 1.82) is 0 Å². The SMILES string of the molecule is NC(=O)C1(NC(=O)c2ccc(NCc3ccccc3Cl)c([N+](=O)[O-])c2)CCCC1. The predicted octanol–water partition coefficient (Wildman–Crippen LogP) is 3.39. The highest BCUT2D eigenvalue weighted by Crippen LogP contribution is 2.31. The number of nitro groups is 1. The first kappa shape index (κ1) is 20.6. The maximum atomic E-state index is 12.6. The first-order valence-corrected chi connectivity index (χ1v) is 9.58. The highest BCUT2D eigenvalue weighted by atomic mass is 35.5. The monoisotopic (exact) mass is 416 g/mol. The molecule has 2 aromatic rings. The van der Waals surface area contributed by atoms with E-state index in [1.807, 2.05) is 12.1 Å². The first-order chi connectivity index (χ1) is 13.8. The summed E-state index contributed by atoms with van der Waals surface area (Å²) in [6.45, 7) is 0.289. The van der Waals surface area contributed by atoms with Crippen LogP contribution in [-0.2, 0) is 11.3 Å². The zero-order valence-corrected chi connectivity index (χ0v) is 16.4. The summed E-state index contributed by atoms with van der Waals surface area (Å²) < 4.78 is 0. The Bertz CT molecular complexity index is 957. The van der Waals surface area contributed by atoms with Gasteiger partial charge >= 0.3 is 0 Å². The molecule has 0 aromatic heterocycles. The lowest BCUT2D eigenvalue weighted by atomic mass is 9.96. The van der Waals surface area contributed by atoms with E-state index in [0.717, 1.165) is 18.4 Å². The molecule has 29 heavy (non-hydrogen) atoms. The van der Waals surface area contributed by atoms with Crippen molar-refractivity contribution in [2.75, 3.05) is 5.32 Å². The Balaban J connectivity index is 1.80. The van der Waals surface area contributed by atoms with Crippen molar-refractivity contribution in [1.82, 2.24) is 5.32 Å². The average Bonchev–Trinajstić information content (AvgIpc) is 3.17. The minimum absolute atomic E-state index is 0.0903. The number of nitrogens with one attached hydrogen (secondary N) is 2. The number of primary amides is 1. The molecule has 1 aliphatic carbocycles. The van der Waals surface area contributed by atoms with E-state index in [1.54, 1.807) is 12.1 Å². The first-order valence-electron chi connectivity index (χ1n) is 9.20. The van der Waals surface area contributed by atoms with Gasteiger partial charge in [-0.25, -0.2) is 0 Å². The van der Waals surface area contributed by atoms with Crippen molar-refractivity contribution < 1.29 is 14.5 Å². The molecule has 9 heteroatoms. The molecule has 0 unspecified atom stereocenters. The van der Waals surface area contributed by atoms with Crippen LogP contribution in [0.25, 0.3) is 0 Å². The summed E-state index contributed by atoms with van der Waals surface area (Å²) in [5.74, 6) is -1.15. The largest absolute Gasteiger partial charge is 0.375 e. The lowest BCUT2D eigenvalue weighted by molar-refractivity contribution is -0.384. The molecule has 1 saturated carbocycles. The van der Waals surface area contributed by atoms with Gasteiger partial charge in [0.1, 0.15) is 11.2 Å². The van der Waals surface area contributed by atoms with Crippen LogP contribution in [0.5, 0.6) is 0 Å². The third-order valence-electron chi connectivity index (χ3n) is 5.17. The van der Waals surface area contributed by atoms with Gasteiger partial charge in [0.25, 0.3) is 11.6 Å². The summed E-state index contributed by atoms with van der Waals surface area (Å²) in [7, 11) is 0. The zero-order valence-electron chi connectivity index (χ0n) is 15.6. The van der Waals surface area contributed by atoms with Crippen molar-refractivity contribution in [2.24, 2.45) is 5.73 Å². The average molecular weight is 417 g/mol. The summed E-state index contributed by atoms with van der Waals surface area (Å²) in [6, 6.07) is 11.3. The quantitative estimate of drug-likeness (QED) is 0.471. The van der Waals surface area contributed by atoms with Crippen LogP contribution < -0.4 is 16.4 Å². The van der Waals surface area contributed by atoms with Crippen LogP contribution in [0.2, 0.25) is 5.02 Å². The second-order valence-electron chi connectivity index (χ2n) is 7.04. The van der Waals surface area contributed by atoms with E-state index in [0.29, 0.717) is 17.9 Å². The van der Waals surface area contributed by atoms with Gasteiger partial charge in [-0.15, -0.1) is 0 Å². The fourth-order valence-corrected chi connectivity index (χ4v) is 3.71. The molecule has 0 saturated heterocycles. The van der Waals surface area contributed by atoms with E-state index in [1.165, 1.54) is 18.2 Å². The van der Waals surface area contributed by atoms with Gasteiger partial charge in [-0.3, -0.25) is 19.7 Å². The third kappa shape index (κ3) is 4.48. The number of amides is 2. The fraction of sp³-hybridized carbons (Fsp3) is 0.300. The Labute approximate surface area is 172 Å². The number of nitro benzene ring substituents is 1. The number of carbonyl (C=O) groups excluding carboxylic acids is 2. The summed E-state index contributed by atoms with van der Waals surface area (Å²) in [5, 5.41) is 17.7. The van der Waals surface area contributed by atoms with Crippen LogP contribution >= 0.6 is 11.6 Å². The van der Waals surface area contributed by atoms with Gasteiger partial charge < -0.3 is 16.4 Å². The molecule has 0 spiro atoms. The number of nitrogens with two attached hydrogens (primary N) is 1. The molecule has 0 radical (unpaired) electrons. The number of hydrogen-bond donors (Lipinski definition) is 3. The Kier molecular flexibility index (Phi) is 6.03. The van der Waals surface area contributed by atoms with Crippen LogP contribution in [0.3, 0.4) is 0 Å². The van der Waals surface area contributed by atoms with Gasteiger partial charge in [-0.1, -0.05) is 42.6 Å². The predicted molar refractivity (Wildman–Crippen MR) is 110 cm³/mol. The molecule has 8 nitrogen and oxygen atoms in total. The van der Waals surface area contributed by atoms with E-state index < -0.39 is 22.3 Å². The number of carbonyl (C=O) groups is 2. The lowest BCUT2D eigenvalue weighted by Crippen LogP contribution is -2.55. The second-order valence-corrected chi connectivity index (χ2v) is 7.45. The minimum atomic E-state index is -1.09. The van der Waals surface area contributed by atoms with Crippen molar-refractivity contribution in [3.8, 4) is 0 Å². The number of hydrogen-bond acceptors (Lipinski definition) is 5. The standard InChI is InChI=1S/C20H21ClN4O4/c21-15-6-2-1-5-14(15)12-23-16-8-7-13(11-17(16)25(28)29)18(26)24-20(19(22)27)9-3-4-10-20/h1-2,5-8,11,23H,3-4,9-10,12H2,(H2,22,27)(H,24,26). The Morgan fingerprint density at radius 3 is 2.48 bits per heavy atom. The Morgan fingerprint density at radius 2 is 1.86 bits per heavy atom. The van der Waals surface area contributed by atoms with Crippen molar-refractivity contribution in [3.63, 3.8) is 0 Å². The number of anilines is 1. The molecule has 2 amide bonds. The normalized spacial score (nSPS) is 14.9. The van der Waals surface area contributed by atoms with Crippen molar-refractivity contribution in [3.05, 3.63) is 68.7 Å². The van der Waals surface area contributed by atoms with E-state index in [4.69, 9.17) is 17.3 Å². The third-order valence-corrected chi connectivity index (χ3v) is 5.53. The highest BCUT2D eigenvalue weighted by Gasteiger charge is 2.41. The van der Waals surface area contributed by atoms with E-state index in [2.05, 4.69) is 10.6 Å². The van der Waals surface area contributed by atoms with E-state index in [-0.39, 0.29) is 23.5 Å². The van der Waals surface area contributed by atoms with Crippen molar-refractivity contribution >= 4 is 34.8 Å². The lowest BCUT2D eigenvalue weighted by Gasteiger charge is -2.26. The van der Waals surface area contributed by atoms with Crippen molar-refractivity contribution in [2.45, 2.75) is 37.8 Å². The van der Waals surface area contributed by atoms with E-state index >= 15 is 0 Å². The molecule has 0 bridgehead atoms. The molecule has 1 fully saturated rings. The van der Waals surface area contributed by atoms with Gasteiger partial charge in [-0.05, 0) is 36.6 Å². The molecular weight excluding hydrogens is 396 g/mol. The molecule has 0 aliphatic heterocycles. The maximum absolute atomic E-state index is 12.6.